The molecule has 2 unspecified atom stereocenters. The molecule has 0 saturated carbocycles. The first kappa shape index (κ1) is 6.06. The van der Waals surface area contributed by atoms with E-state index in [2.05, 4.69) is 9.47 Å². The highest BCUT2D eigenvalue weighted by Crippen LogP contribution is 2.31. The van der Waals surface area contributed by atoms with Gasteiger partial charge in [-0.2, -0.15) is 0 Å². The van der Waals surface area contributed by atoms with Gasteiger partial charge in [-0.05, 0) is 13.0 Å². The second-order valence-corrected chi connectivity index (χ2v) is 2.50. The van der Waals surface area contributed by atoms with Crippen molar-refractivity contribution in [3.05, 3.63) is 11.8 Å². The van der Waals surface area contributed by atoms with Gasteiger partial charge in [-0.3, -0.25) is 0 Å². The maximum atomic E-state index is 9.05. The van der Waals surface area contributed by atoms with Gasteiger partial charge in [-0.1, -0.05) is 0 Å². The summed E-state index contributed by atoms with van der Waals surface area (Å²) in [5.41, 5.74) is -0.605. The molecular formula is C5H9O2P. The lowest BCUT2D eigenvalue weighted by atomic mass is 9.90. The normalized spacial score (nSPS) is 35.6. The Balaban J connectivity index is 2.49. The Morgan fingerprint density at radius 1 is 2.00 bits per heavy atom. The van der Waals surface area contributed by atoms with Gasteiger partial charge >= 0.3 is 0 Å². The Kier molecular flexibility index (Phi) is 1.30. The van der Waals surface area contributed by atoms with Gasteiger partial charge in [0.05, 0.1) is 15.1 Å². The molecule has 2 nitrogen and oxygen atoms in total. The smallest absolute Gasteiger partial charge is 0.101 e. The van der Waals surface area contributed by atoms with Crippen molar-refractivity contribution in [1.82, 2.24) is 0 Å². The van der Waals surface area contributed by atoms with Crippen molar-refractivity contribution in [2.45, 2.75) is 18.9 Å². The Bertz CT molecular complexity index is 128. The summed E-state index contributed by atoms with van der Waals surface area (Å²) in [6, 6.07) is 0. The second-order valence-electron chi connectivity index (χ2n) is 2.26. The quantitative estimate of drug-likeness (QED) is 0.535. The van der Waals surface area contributed by atoms with Gasteiger partial charge in [0, 0.05) is 6.42 Å². The van der Waals surface area contributed by atoms with Crippen LogP contribution in [0.1, 0.15) is 13.3 Å². The highest BCUT2D eigenvalue weighted by atomic mass is 31.0. The van der Waals surface area contributed by atoms with Crippen molar-refractivity contribution in [2.75, 3.05) is 0 Å². The molecule has 8 heavy (non-hydrogen) atoms. The monoisotopic (exact) mass is 132 g/mol. The maximum Gasteiger partial charge on any atom is 0.101 e. The molecule has 0 aromatic carbocycles. The van der Waals surface area contributed by atoms with Crippen LogP contribution in [0, 0.1) is 0 Å². The minimum Gasteiger partial charge on any atom is -0.485 e. The minimum atomic E-state index is -0.605. The van der Waals surface area contributed by atoms with E-state index in [9.17, 15) is 0 Å². The van der Waals surface area contributed by atoms with E-state index in [0.29, 0.717) is 6.42 Å². The molecule has 1 rings (SSSR count). The predicted octanol–water partition coefficient (Wildman–Crippen LogP) is 0.832. The average molecular weight is 132 g/mol. The summed E-state index contributed by atoms with van der Waals surface area (Å²) in [5.74, 6) is 0.847. The zero-order chi connectivity index (χ0) is 6.20. The van der Waals surface area contributed by atoms with E-state index in [1.165, 1.54) is 0 Å². The first-order chi connectivity index (χ1) is 3.64. The van der Waals surface area contributed by atoms with E-state index in [-0.39, 0.29) is 0 Å². The van der Waals surface area contributed by atoms with Gasteiger partial charge in [0.1, 0.15) is 5.76 Å². The molecule has 0 bridgehead atoms. The van der Waals surface area contributed by atoms with Crippen molar-refractivity contribution in [3.63, 3.8) is 0 Å². The van der Waals surface area contributed by atoms with Gasteiger partial charge in [0.2, 0.25) is 0 Å². The first-order valence-corrected chi connectivity index (χ1v) is 2.92. The topological polar surface area (TPSA) is 29.5 Å². The third-order valence-electron chi connectivity index (χ3n) is 1.16. The van der Waals surface area contributed by atoms with Crippen LogP contribution >= 0.6 is 9.47 Å². The van der Waals surface area contributed by atoms with Gasteiger partial charge < -0.3 is 9.63 Å². The summed E-state index contributed by atoms with van der Waals surface area (Å²) < 4.78 is 4.74. The molecule has 1 aliphatic rings. The molecule has 0 aromatic rings. The van der Waals surface area contributed by atoms with E-state index < -0.39 is 5.60 Å². The second kappa shape index (κ2) is 1.71. The summed E-state index contributed by atoms with van der Waals surface area (Å²) in [6.45, 7) is 1.75. The molecule has 3 heteroatoms. The fourth-order valence-electron chi connectivity index (χ4n) is 0.746. The molecule has 0 saturated heterocycles. The molecule has 46 valence electrons. The Labute approximate surface area is 50.8 Å². The average Bonchev–Trinajstić information content (AvgIpc) is 1.60. The fourth-order valence-corrected chi connectivity index (χ4v) is 0.898. The lowest BCUT2D eigenvalue weighted by molar-refractivity contribution is 0.0723. The van der Waals surface area contributed by atoms with Gasteiger partial charge in [0.15, 0.2) is 0 Å². The van der Waals surface area contributed by atoms with Crippen molar-refractivity contribution >= 4 is 9.47 Å². The minimum absolute atomic E-state index is 0.605. The molecule has 0 radical (unpaired) electrons. The van der Waals surface area contributed by atoms with Crippen LogP contribution in [0.25, 0.3) is 0 Å². The summed E-state index contributed by atoms with van der Waals surface area (Å²) in [7, 11) is 2.14. The van der Waals surface area contributed by atoms with Crippen molar-refractivity contribution in [1.29, 1.82) is 0 Å². The highest BCUT2D eigenvalue weighted by molar-refractivity contribution is 7.10. The van der Waals surface area contributed by atoms with E-state index in [4.69, 9.17) is 9.63 Å². The Morgan fingerprint density at radius 2 is 2.50 bits per heavy atom. The van der Waals surface area contributed by atoms with Gasteiger partial charge in [-0.15, -0.1) is 0 Å². The van der Waals surface area contributed by atoms with Crippen LogP contribution in [-0.2, 0) is 4.52 Å². The van der Waals surface area contributed by atoms with Gasteiger partial charge in [0.25, 0.3) is 0 Å². The summed E-state index contributed by atoms with van der Waals surface area (Å²) in [6.07, 6.45) is 2.33. The summed E-state index contributed by atoms with van der Waals surface area (Å²) in [5, 5.41) is 9.05. The SMILES string of the molecule is CC1(O)C=C(OP)C1. The van der Waals surface area contributed by atoms with Crippen LogP contribution < -0.4 is 0 Å². The van der Waals surface area contributed by atoms with Crippen LogP contribution in [-0.4, -0.2) is 10.7 Å². The molecule has 0 spiro atoms. The van der Waals surface area contributed by atoms with E-state index in [1.54, 1.807) is 13.0 Å². The van der Waals surface area contributed by atoms with E-state index in [0.717, 1.165) is 5.76 Å². The number of aliphatic hydroxyl groups is 1. The Morgan fingerprint density at radius 3 is 2.62 bits per heavy atom. The van der Waals surface area contributed by atoms with Crippen LogP contribution in [0.3, 0.4) is 0 Å². The lowest BCUT2D eigenvalue weighted by Crippen LogP contribution is -2.30. The first-order valence-electron chi connectivity index (χ1n) is 2.45. The molecule has 0 fully saturated rings. The standard InChI is InChI=1S/C5H9O2P/c1-5(6)2-4(3-5)7-8/h2,6H,3,8H2,1H3. The molecule has 0 aliphatic heterocycles. The molecule has 1 aliphatic carbocycles. The predicted molar refractivity (Wildman–Crippen MR) is 34.1 cm³/mol. The zero-order valence-electron chi connectivity index (χ0n) is 4.72. The fraction of sp³-hybridized carbons (Fsp3) is 0.600. The number of hydrogen-bond donors (Lipinski definition) is 1. The van der Waals surface area contributed by atoms with Crippen LogP contribution in [0.2, 0.25) is 0 Å². The van der Waals surface area contributed by atoms with Crippen molar-refractivity contribution in [3.8, 4) is 0 Å². The highest BCUT2D eigenvalue weighted by Gasteiger charge is 2.29. The summed E-state index contributed by atoms with van der Waals surface area (Å²) >= 11 is 0. The van der Waals surface area contributed by atoms with Crippen LogP contribution in [0.4, 0.5) is 0 Å². The Hall–Kier alpha value is -0.0700. The van der Waals surface area contributed by atoms with Gasteiger partial charge in [-0.25, -0.2) is 0 Å². The summed E-state index contributed by atoms with van der Waals surface area (Å²) in [4.78, 5) is 0. The number of hydrogen-bond acceptors (Lipinski definition) is 2. The maximum absolute atomic E-state index is 9.05. The number of rotatable bonds is 1. The van der Waals surface area contributed by atoms with Crippen LogP contribution in [0.5, 0.6) is 0 Å². The van der Waals surface area contributed by atoms with E-state index >= 15 is 0 Å². The van der Waals surface area contributed by atoms with Crippen LogP contribution in [0.15, 0.2) is 11.8 Å². The molecule has 2 atom stereocenters. The van der Waals surface area contributed by atoms with E-state index in [1.807, 2.05) is 0 Å². The molecular weight excluding hydrogens is 123 g/mol. The molecule has 0 aromatic heterocycles. The van der Waals surface area contributed by atoms with Crippen molar-refractivity contribution < 1.29 is 9.63 Å². The molecule has 1 N–H and O–H groups in total. The third kappa shape index (κ3) is 1.01. The zero-order valence-corrected chi connectivity index (χ0v) is 5.87. The third-order valence-corrected chi connectivity index (χ3v) is 1.46. The molecule has 0 amide bonds. The lowest BCUT2D eigenvalue weighted by Gasteiger charge is -2.29. The largest absolute Gasteiger partial charge is 0.485 e. The van der Waals surface area contributed by atoms with Crippen molar-refractivity contribution in [2.24, 2.45) is 0 Å². The molecule has 0 heterocycles.